The van der Waals surface area contributed by atoms with Crippen molar-refractivity contribution in [2.24, 2.45) is 0 Å². The Morgan fingerprint density at radius 3 is 2.50 bits per heavy atom. The van der Waals surface area contributed by atoms with Crippen LogP contribution in [0.5, 0.6) is 0 Å². The molecule has 2 aromatic carbocycles. The summed E-state index contributed by atoms with van der Waals surface area (Å²) in [6, 6.07) is 14.7. The Balaban J connectivity index is 1.66. The van der Waals surface area contributed by atoms with Crippen LogP contribution < -0.4 is 0 Å². The zero-order valence-electron chi connectivity index (χ0n) is 14.9. The predicted molar refractivity (Wildman–Crippen MR) is 100 cm³/mol. The molecule has 0 N–H and O–H groups in total. The third-order valence-electron chi connectivity index (χ3n) is 4.73. The lowest BCUT2D eigenvalue weighted by molar-refractivity contribution is -0.385. The van der Waals surface area contributed by atoms with Gasteiger partial charge in [0.25, 0.3) is 11.6 Å². The molecule has 1 fully saturated rings. The van der Waals surface area contributed by atoms with Gasteiger partial charge in [-0.15, -0.1) is 0 Å². The van der Waals surface area contributed by atoms with E-state index in [9.17, 15) is 14.9 Å². The van der Waals surface area contributed by atoms with Crippen LogP contribution in [0.4, 0.5) is 5.69 Å². The van der Waals surface area contributed by atoms with Gasteiger partial charge in [0.1, 0.15) is 5.56 Å². The highest BCUT2D eigenvalue weighted by atomic mass is 16.6. The molecule has 0 radical (unpaired) electrons. The quantitative estimate of drug-likeness (QED) is 0.625. The van der Waals surface area contributed by atoms with E-state index in [4.69, 9.17) is 0 Å². The zero-order valence-corrected chi connectivity index (χ0v) is 14.9. The van der Waals surface area contributed by atoms with Crippen molar-refractivity contribution in [3.8, 4) is 0 Å². The van der Waals surface area contributed by atoms with E-state index in [0.29, 0.717) is 13.1 Å². The zero-order chi connectivity index (χ0) is 18.5. The maximum absolute atomic E-state index is 12.8. The number of hydrogen-bond donors (Lipinski definition) is 0. The van der Waals surface area contributed by atoms with Gasteiger partial charge in [0, 0.05) is 38.8 Å². The lowest BCUT2D eigenvalue weighted by Crippen LogP contribution is -2.35. The number of benzene rings is 2. The average Bonchev–Trinajstić information content (AvgIpc) is 2.88. The van der Waals surface area contributed by atoms with E-state index >= 15 is 0 Å². The number of carbonyl (C=O) groups excluding carboxylic acids is 1. The van der Waals surface area contributed by atoms with Crippen molar-refractivity contribution >= 4 is 11.6 Å². The molecule has 1 heterocycles. The predicted octanol–water partition coefficient (Wildman–Crippen LogP) is 3.25. The number of para-hydroxylation sites is 1. The lowest BCUT2D eigenvalue weighted by Gasteiger charge is -2.22. The molecule has 6 nitrogen and oxygen atoms in total. The van der Waals surface area contributed by atoms with Gasteiger partial charge < -0.3 is 4.90 Å². The lowest BCUT2D eigenvalue weighted by atomic mass is 10.1. The monoisotopic (exact) mass is 353 g/mol. The Bertz CT molecular complexity index is 789. The van der Waals surface area contributed by atoms with Crippen LogP contribution in [0.2, 0.25) is 0 Å². The van der Waals surface area contributed by atoms with Gasteiger partial charge in [0.2, 0.25) is 0 Å². The summed E-state index contributed by atoms with van der Waals surface area (Å²) in [5.74, 6) is -0.255. The Morgan fingerprint density at radius 1 is 1.04 bits per heavy atom. The van der Waals surface area contributed by atoms with Crippen molar-refractivity contribution in [2.45, 2.75) is 19.9 Å². The van der Waals surface area contributed by atoms with Crippen LogP contribution in [0.1, 0.15) is 27.9 Å². The summed E-state index contributed by atoms with van der Waals surface area (Å²) in [4.78, 5) is 27.5. The Labute approximate surface area is 153 Å². The fourth-order valence-corrected chi connectivity index (χ4v) is 3.27. The van der Waals surface area contributed by atoms with E-state index in [1.807, 2.05) is 0 Å². The number of nitrogens with zero attached hydrogens (tertiary/aromatic N) is 3. The molecule has 0 atom stereocenters. The summed E-state index contributed by atoms with van der Waals surface area (Å²) in [6.45, 7) is 5.80. The van der Waals surface area contributed by atoms with Crippen LogP contribution in [-0.2, 0) is 6.54 Å². The summed E-state index contributed by atoms with van der Waals surface area (Å²) in [7, 11) is 0. The van der Waals surface area contributed by atoms with E-state index in [1.54, 1.807) is 17.0 Å². The van der Waals surface area contributed by atoms with E-state index in [1.165, 1.54) is 23.3 Å². The van der Waals surface area contributed by atoms with Crippen molar-refractivity contribution in [1.82, 2.24) is 9.80 Å². The fourth-order valence-electron chi connectivity index (χ4n) is 3.27. The minimum Gasteiger partial charge on any atom is -0.337 e. The van der Waals surface area contributed by atoms with Crippen molar-refractivity contribution in [3.63, 3.8) is 0 Å². The summed E-state index contributed by atoms with van der Waals surface area (Å²) in [5.41, 5.74) is 2.54. The molecule has 3 rings (SSSR count). The van der Waals surface area contributed by atoms with Gasteiger partial charge in [0.05, 0.1) is 4.92 Å². The van der Waals surface area contributed by atoms with Gasteiger partial charge >= 0.3 is 0 Å². The van der Waals surface area contributed by atoms with Crippen LogP contribution in [0.3, 0.4) is 0 Å². The molecule has 1 aliphatic heterocycles. The first-order chi connectivity index (χ1) is 12.5. The number of carbonyl (C=O) groups is 1. The Morgan fingerprint density at radius 2 is 1.77 bits per heavy atom. The molecule has 0 aromatic heterocycles. The number of amides is 1. The van der Waals surface area contributed by atoms with Gasteiger partial charge in [-0.25, -0.2) is 0 Å². The molecule has 0 bridgehead atoms. The highest BCUT2D eigenvalue weighted by Crippen LogP contribution is 2.20. The molecule has 2 aromatic rings. The van der Waals surface area contributed by atoms with Crippen LogP contribution in [0.25, 0.3) is 0 Å². The number of hydrogen-bond acceptors (Lipinski definition) is 4. The molecule has 1 amide bonds. The topological polar surface area (TPSA) is 66.7 Å². The minimum absolute atomic E-state index is 0.127. The number of rotatable bonds is 4. The second-order valence-electron chi connectivity index (χ2n) is 6.68. The number of nitro benzene ring substituents is 1. The molecule has 6 heteroatoms. The Kier molecular flexibility index (Phi) is 5.63. The summed E-state index contributed by atoms with van der Waals surface area (Å²) >= 11 is 0. The van der Waals surface area contributed by atoms with Crippen molar-refractivity contribution in [2.75, 3.05) is 26.2 Å². The third-order valence-corrected chi connectivity index (χ3v) is 4.73. The average molecular weight is 353 g/mol. The molecule has 136 valence electrons. The summed E-state index contributed by atoms with van der Waals surface area (Å²) in [6.07, 6.45) is 0.859. The molecular weight excluding hydrogens is 330 g/mol. The van der Waals surface area contributed by atoms with E-state index in [0.717, 1.165) is 26.1 Å². The first-order valence-electron chi connectivity index (χ1n) is 8.85. The molecule has 1 saturated heterocycles. The maximum Gasteiger partial charge on any atom is 0.282 e. The van der Waals surface area contributed by atoms with Crippen molar-refractivity contribution < 1.29 is 9.72 Å². The summed E-state index contributed by atoms with van der Waals surface area (Å²) < 4.78 is 0. The van der Waals surface area contributed by atoms with Crippen LogP contribution in [0, 0.1) is 17.0 Å². The van der Waals surface area contributed by atoms with E-state index in [2.05, 4.69) is 36.1 Å². The van der Waals surface area contributed by atoms with Gasteiger partial charge in [-0.3, -0.25) is 19.8 Å². The Hall–Kier alpha value is -2.73. The molecule has 0 unspecified atom stereocenters. The molecule has 0 saturated carbocycles. The van der Waals surface area contributed by atoms with Gasteiger partial charge in [-0.1, -0.05) is 42.0 Å². The van der Waals surface area contributed by atoms with E-state index < -0.39 is 4.92 Å². The largest absolute Gasteiger partial charge is 0.337 e. The SMILES string of the molecule is Cc1ccc(CN2CCCN(C(=O)c3ccccc3[N+](=O)[O-])CC2)cc1. The fraction of sp³-hybridized carbons (Fsp3) is 0.350. The van der Waals surface area contributed by atoms with Crippen LogP contribution in [-0.4, -0.2) is 46.8 Å². The minimum atomic E-state index is -0.491. The molecular formula is C20H23N3O3. The maximum atomic E-state index is 12.8. The molecule has 1 aliphatic rings. The molecule has 0 spiro atoms. The second-order valence-corrected chi connectivity index (χ2v) is 6.68. The number of aryl methyl sites for hydroxylation is 1. The van der Waals surface area contributed by atoms with Gasteiger partial charge in [0.15, 0.2) is 0 Å². The number of nitro groups is 1. The second kappa shape index (κ2) is 8.10. The first-order valence-corrected chi connectivity index (χ1v) is 8.85. The molecule has 26 heavy (non-hydrogen) atoms. The first kappa shape index (κ1) is 18.1. The summed E-state index contributed by atoms with van der Waals surface area (Å²) in [5, 5.41) is 11.2. The highest BCUT2D eigenvalue weighted by Gasteiger charge is 2.25. The van der Waals surface area contributed by atoms with Crippen LogP contribution in [0.15, 0.2) is 48.5 Å². The smallest absolute Gasteiger partial charge is 0.282 e. The van der Waals surface area contributed by atoms with Crippen LogP contribution >= 0.6 is 0 Å². The third kappa shape index (κ3) is 4.26. The van der Waals surface area contributed by atoms with E-state index in [-0.39, 0.29) is 17.2 Å². The highest BCUT2D eigenvalue weighted by molar-refractivity contribution is 5.98. The van der Waals surface area contributed by atoms with Crippen molar-refractivity contribution in [3.05, 3.63) is 75.3 Å². The van der Waals surface area contributed by atoms with Gasteiger partial charge in [-0.05, 0) is 25.0 Å². The molecule has 0 aliphatic carbocycles. The van der Waals surface area contributed by atoms with Gasteiger partial charge in [-0.2, -0.15) is 0 Å². The van der Waals surface area contributed by atoms with Crippen molar-refractivity contribution in [1.29, 1.82) is 0 Å². The normalized spacial score (nSPS) is 15.5. The standard InChI is InChI=1S/C20H23N3O3/c1-16-7-9-17(10-8-16)15-21-11-4-12-22(14-13-21)20(24)18-5-2-3-6-19(18)23(25)26/h2-3,5-10H,4,11-15H2,1H3.